The number of nitrogens with zero attached hydrogens (tertiary/aromatic N) is 6. The predicted molar refractivity (Wildman–Crippen MR) is 162 cm³/mol. The normalized spacial score (nSPS) is 20.2. The van der Waals surface area contributed by atoms with Gasteiger partial charge in [-0.25, -0.2) is 10.1 Å². The lowest BCUT2D eigenvalue weighted by Gasteiger charge is -2.22. The van der Waals surface area contributed by atoms with Crippen LogP contribution in [0.2, 0.25) is 0 Å². The Kier molecular flexibility index (Phi) is 7.36. The maximum absolute atomic E-state index is 14.1. The molecule has 2 aliphatic heterocycles. The summed E-state index contributed by atoms with van der Waals surface area (Å²) in [6.45, 7) is 3.58. The zero-order valence-electron chi connectivity index (χ0n) is 23.9. The van der Waals surface area contributed by atoms with Crippen LogP contribution >= 0.6 is 0 Å². The van der Waals surface area contributed by atoms with Crippen LogP contribution in [0, 0.1) is 0 Å². The molecule has 0 amide bonds. The van der Waals surface area contributed by atoms with Gasteiger partial charge in [0, 0.05) is 18.5 Å². The Balaban J connectivity index is 1.22. The summed E-state index contributed by atoms with van der Waals surface area (Å²) in [4.78, 5) is 25.3. The summed E-state index contributed by atoms with van der Waals surface area (Å²) in [6.07, 6.45) is 7.53. The molecule has 7 rings (SSSR count). The van der Waals surface area contributed by atoms with E-state index in [9.17, 15) is 4.79 Å². The average molecular weight is 562 g/mol. The number of fused-ring (bicyclic) bond motifs is 3. The van der Waals surface area contributed by atoms with Crippen LogP contribution in [0.4, 0.5) is 0 Å². The first kappa shape index (κ1) is 26.7. The number of nitrogens with one attached hydrogen (secondary N) is 1. The molecule has 4 heterocycles. The summed E-state index contributed by atoms with van der Waals surface area (Å²) in [5.74, 6) is 1.47. The van der Waals surface area contributed by atoms with Crippen molar-refractivity contribution in [3.8, 4) is 22.5 Å². The molecule has 2 fully saturated rings. The summed E-state index contributed by atoms with van der Waals surface area (Å²) in [5.41, 5.74) is 6.02. The molecule has 214 valence electrons. The highest BCUT2D eigenvalue weighted by atomic mass is 16.7. The minimum absolute atomic E-state index is 0.0225. The molecule has 2 saturated heterocycles. The molecule has 2 aliphatic rings. The van der Waals surface area contributed by atoms with E-state index in [0.717, 1.165) is 84.2 Å². The highest BCUT2D eigenvalue weighted by Gasteiger charge is 2.36. The Morgan fingerprint density at radius 3 is 2.69 bits per heavy atom. The molecule has 1 N–H and O–H groups in total. The predicted octanol–water partition coefficient (Wildman–Crippen LogP) is 5.87. The lowest BCUT2D eigenvalue weighted by Crippen LogP contribution is -2.27. The quantitative estimate of drug-likeness (QED) is 0.253. The number of aromatic nitrogens is 6. The van der Waals surface area contributed by atoms with Gasteiger partial charge in [0.05, 0.1) is 29.6 Å². The Morgan fingerprint density at radius 2 is 1.88 bits per heavy atom. The van der Waals surface area contributed by atoms with Gasteiger partial charge in [0.1, 0.15) is 5.82 Å². The molecule has 2 aromatic heterocycles. The van der Waals surface area contributed by atoms with Gasteiger partial charge >= 0.3 is 0 Å². The van der Waals surface area contributed by atoms with E-state index in [1.165, 1.54) is 6.42 Å². The zero-order chi connectivity index (χ0) is 28.5. The molecule has 9 nitrogen and oxygen atoms in total. The first-order valence-electron chi connectivity index (χ1n) is 15.1. The zero-order valence-corrected chi connectivity index (χ0v) is 23.9. The first-order chi connectivity index (χ1) is 20.7. The minimum Gasteiger partial charge on any atom is -0.295 e. The second kappa shape index (κ2) is 11.6. The fourth-order valence-electron chi connectivity index (χ4n) is 6.36. The van der Waals surface area contributed by atoms with Gasteiger partial charge in [-0.15, -0.1) is 5.10 Å². The van der Waals surface area contributed by atoms with Crippen LogP contribution in [0.25, 0.3) is 33.4 Å². The summed E-state index contributed by atoms with van der Waals surface area (Å²) in [5, 5.41) is 17.2. The molecule has 2 bridgehead atoms. The average Bonchev–Trinajstić information content (AvgIpc) is 3.64. The van der Waals surface area contributed by atoms with E-state index in [1.807, 2.05) is 28.8 Å². The standard InChI is InChI=1S/C33H35N7O2/c1-2-3-11-31-34-29-17-16-24(30-20-25-8-6-7-18-40(30)42-25)19-28(29)33(41)39(31)21-22-12-14-23(15-13-22)26-9-4-5-10-27(26)32-35-37-38-36-32/h4-5,9-10,12-17,19,25,30H,2-3,6-8,11,18,20-21H2,1H3,(H,35,36,37,38). The van der Waals surface area contributed by atoms with Crippen molar-refractivity contribution in [3.05, 3.63) is 94.0 Å². The van der Waals surface area contributed by atoms with Crippen molar-refractivity contribution in [3.63, 3.8) is 0 Å². The topological polar surface area (TPSA) is 102 Å². The van der Waals surface area contributed by atoms with Gasteiger partial charge in [-0.3, -0.25) is 14.2 Å². The third kappa shape index (κ3) is 5.14. The lowest BCUT2D eigenvalue weighted by atomic mass is 9.96. The Labute approximate surface area is 244 Å². The van der Waals surface area contributed by atoms with Crippen molar-refractivity contribution in [2.45, 2.75) is 70.6 Å². The van der Waals surface area contributed by atoms with Crippen molar-refractivity contribution in [2.75, 3.05) is 6.54 Å². The van der Waals surface area contributed by atoms with Gasteiger partial charge in [-0.2, -0.15) is 5.06 Å². The van der Waals surface area contributed by atoms with Gasteiger partial charge in [0.25, 0.3) is 5.56 Å². The van der Waals surface area contributed by atoms with Crippen molar-refractivity contribution in [1.82, 2.24) is 35.2 Å². The largest absolute Gasteiger partial charge is 0.295 e. The number of H-pyrrole nitrogens is 1. The third-order valence-corrected chi connectivity index (χ3v) is 8.60. The number of rotatable bonds is 8. The molecule has 0 radical (unpaired) electrons. The molecule has 42 heavy (non-hydrogen) atoms. The van der Waals surface area contributed by atoms with Crippen LogP contribution in [0.3, 0.4) is 0 Å². The van der Waals surface area contributed by atoms with Crippen LogP contribution in [-0.4, -0.2) is 47.9 Å². The number of aromatic amines is 1. The maximum Gasteiger partial charge on any atom is 0.261 e. The van der Waals surface area contributed by atoms with E-state index < -0.39 is 0 Å². The molecule has 3 unspecified atom stereocenters. The fourth-order valence-corrected chi connectivity index (χ4v) is 6.36. The van der Waals surface area contributed by atoms with E-state index in [0.29, 0.717) is 17.8 Å². The smallest absolute Gasteiger partial charge is 0.261 e. The number of hydrogen-bond donors (Lipinski definition) is 1. The molecular weight excluding hydrogens is 526 g/mol. The van der Waals surface area contributed by atoms with Crippen LogP contribution in [0.15, 0.2) is 71.5 Å². The fraction of sp³-hybridized carbons (Fsp3) is 0.364. The first-order valence-corrected chi connectivity index (χ1v) is 15.1. The minimum atomic E-state index is 0.0225. The molecule has 0 saturated carbocycles. The van der Waals surface area contributed by atoms with Crippen LogP contribution in [0.5, 0.6) is 0 Å². The van der Waals surface area contributed by atoms with Crippen LogP contribution in [0.1, 0.15) is 68.4 Å². The van der Waals surface area contributed by atoms with Gasteiger partial charge in [-0.1, -0.05) is 67.9 Å². The maximum atomic E-state index is 14.1. The molecular formula is C33H35N7O2. The van der Waals surface area contributed by atoms with Gasteiger partial charge in [-0.05, 0) is 76.9 Å². The van der Waals surface area contributed by atoms with Crippen molar-refractivity contribution >= 4 is 10.9 Å². The molecule has 3 aromatic carbocycles. The number of unbranched alkanes of at least 4 members (excludes halogenated alkanes) is 1. The SMILES string of the molecule is CCCCc1nc2ccc(C3CC4CCCCN3O4)cc2c(=O)n1Cc1ccc(-c2ccccc2-c2nnn[nH]2)cc1. The van der Waals surface area contributed by atoms with Gasteiger partial charge in [0.15, 0.2) is 5.82 Å². The molecule has 5 aromatic rings. The molecule has 3 atom stereocenters. The number of hydrogen-bond acceptors (Lipinski definition) is 7. The third-order valence-electron chi connectivity index (χ3n) is 8.60. The van der Waals surface area contributed by atoms with E-state index >= 15 is 0 Å². The van der Waals surface area contributed by atoms with Crippen molar-refractivity contribution in [2.24, 2.45) is 0 Å². The molecule has 0 spiro atoms. The van der Waals surface area contributed by atoms with E-state index in [-0.39, 0.29) is 17.7 Å². The highest BCUT2D eigenvalue weighted by Crippen LogP contribution is 2.38. The Bertz CT molecular complexity index is 1750. The van der Waals surface area contributed by atoms with Crippen LogP contribution in [-0.2, 0) is 17.8 Å². The summed E-state index contributed by atoms with van der Waals surface area (Å²) in [7, 11) is 0. The number of aryl methyl sites for hydroxylation is 1. The Hall–Kier alpha value is -4.21. The number of benzene rings is 3. The van der Waals surface area contributed by atoms with Crippen molar-refractivity contribution < 1.29 is 4.84 Å². The molecule has 9 heteroatoms. The van der Waals surface area contributed by atoms with E-state index in [2.05, 4.69) is 75.1 Å². The Morgan fingerprint density at radius 1 is 1.02 bits per heavy atom. The summed E-state index contributed by atoms with van der Waals surface area (Å²) in [6, 6.07) is 22.8. The summed E-state index contributed by atoms with van der Waals surface area (Å²) >= 11 is 0. The summed E-state index contributed by atoms with van der Waals surface area (Å²) < 4.78 is 1.87. The number of tetrazole rings is 1. The molecule has 0 aliphatic carbocycles. The van der Waals surface area contributed by atoms with E-state index in [1.54, 1.807) is 0 Å². The number of hydroxylamine groups is 2. The van der Waals surface area contributed by atoms with Crippen LogP contribution < -0.4 is 5.56 Å². The van der Waals surface area contributed by atoms with E-state index in [4.69, 9.17) is 9.82 Å². The van der Waals surface area contributed by atoms with Gasteiger partial charge in [0.2, 0.25) is 0 Å². The van der Waals surface area contributed by atoms with Gasteiger partial charge < -0.3 is 0 Å². The monoisotopic (exact) mass is 561 g/mol. The highest BCUT2D eigenvalue weighted by molar-refractivity contribution is 5.80. The second-order valence-corrected chi connectivity index (χ2v) is 11.4. The second-order valence-electron chi connectivity index (χ2n) is 11.4. The van der Waals surface area contributed by atoms with Crippen molar-refractivity contribution in [1.29, 1.82) is 0 Å². The lowest BCUT2D eigenvalue weighted by molar-refractivity contribution is -0.155.